The minimum Gasteiger partial charge on any atom is -0.369 e. The van der Waals surface area contributed by atoms with Gasteiger partial charge in [0.25, 0.3) is 0 Å². The summed E-state index contributed by atoms with van der Waals surface area (Å²) < 4.78 is 1.94. The van der Waals surface area contributed by atoms with E-state index in [-0.39, 0.29) is 12.5 Å². The quantitative estimate of drug-likeness (QED) is 0.408. The summed E-state index contributed by atoms with van der Waals surface area (Å²) in [4.78, 5) is 25.3. The van der Waals surface area contributed by atoms with E-state index >= 15 is 0 Å². The van der Waals surface area contributed by atoms with Gasteiger partial charge in [0.1, 0.15) is 11.1 Å². The van der Waals surface area contributed by atoms with Crippen LogP contribution >= 0.6 is 23.2 Å². The van der Waals surface area contributed by atoms with Crippen LogP contribution in [0.1, 0.15) is 18.4 Å². The highest BCUT2D eigenvalue weighted by atomic mass is 35.5. The molecule has 0 spiro atoms. The Kier molecular flexibility index (Phi) is 5.10. The van der Waals surface area contributed by atoms with E-state index in [4.69, 9.17) is 28.9 Å². The highest BCUT2D eigenvalue weighted by molar-refractivity contribution is 6.39. The van der Waals surface area contributed by atoms with Crippen molar-refractivity contribution in [1.29, 1.82) is 0 Å². The van der Waals surface area contributed by atoms with Gasteiger partial charge in [0.05, 0.1) is 17.6 Å². The number of aromatic nitrogens is 5. The summed E-state index contributed by atoms with van der Waals surface area (Å²) in [6.45, 7) is 0.287. The third-order valence-electron chi connectivity index (χ3n) is 5.89. The molecule has 1 fully saturated rings. The lowest BCUT2D eigenvalue weighted by atomic mass is 10.1. The largest absolute Gasteiger partial charge is 0.369 e. The van der Waals surface area contributed by atoms with Crippen LogP contribution in [0.3, 0.4) is 0 Å². The first-order valence-corrected chi connectivity index (χ1v) is 11.0. The van der Waals surface area contributed by atoms with E-state index in [0.717, 1.165) is 22.2 Å². The summed E-state index contributed by atoms with van der Waals surface area (Å²) in [5, 5.41) is 17.0. The Morgan fingerprint density at radius 2 is 1.88 bits per heavy atom. The molecule has 0 saturated heterocycles. The zero-order chi connectivity index (χ0) is 23.3. The molecule has 5 rings (SSSR count). The Labute approximate surface area is 198 Å². The molecule has 33 heavy (non-hydrogen) atoms. The zero-order valence-electron chi connectivity index (χ0n) is 17.5. The summed E-state index contributed by atoms with van der Waals surface area (Å²) in [6, 6.07) is 13.1. The molecule has 9 nitrogen and oxygen atoms in total. The molecule has 0 bridgehead atoms. The van der Waals surface area contributed by atoms with E-state index in [1.807, 2.05) is 34.9 Å². The Balaban J connectivity index is 1.49. The molecule has 3 N–H and O–H groups in total. The topological polar surface area (TPSA) is 121 Å². The number of fused-ring (bicyclic) bond motifs is 1. The number of halogens is 2. The van der Waals surface area contributed by atoms with Crippen LogP contribution in [0.4, 0.5) is 0 Å². The van der Waals surface area contributed by atoms with Crippen LogP contribution in [0.2, 0.25) is 10.0 Å². The second kappa shape index (κ2) is 7.86. The van der Waals surface area contributed by atoms with Gasteiger partial charge < -0.3 is 15.6 Å². The number of amides is 2. The van der Waals surface area contributed by atoms with E-state index in [2.05, 4.69) is 20.7 Å². The average molecular weight is 484 g/mol. The fourth-order valence-electron chi connectivity index (χ4n) is 3.90. The van der Waals surface area contributed by atoms with Gasteiger partial charge in [-0.25, -0.2) is 0 Å². The molecule has 1 saturated carbocycles. The maximum absolute atomic E-state index is 12.3. The molecule has 0 atom stereocenters. The van der Waals surface area contributed by atoms with Crippen LogP contribution < -0.4 is 11.1 Å². The number of tetrazole rings is 1. The second-order valence-corrected chi connectivity index (χ2v) is 8.87. The summed E-state index contributed by atoms with van der Waals surface area (Å²) in [6.07, 6.45) is 0.996. The van der Waals surface area contributed by atoms with Crippen LogP contribution in [0.5, 0.6) is 0 Å². The molecule has 2 aromatic heterocycles. The Morgan fingerprint density at radius 3 is 2.48 bits per heavy atom. The first-order valence-electron chi connectivity index (χ1n) is 10.2. The predicted molar refractivity (Wildman–Crippen MR) is 124 cm³/mol. The van der Waals surface area contributed by atoms with Gasteiger partial charge in [0.2, 0.25) is 17.6 Å². The summed E-state index contributed by atoms with van der Waals surface area (Å²) in [5.41, 5.74) is 7.46. The molecule has 2 amide bonds. The van der Waals surface area contributed by atoms with Gasteiger partial charge in [0.15, 0.2) is 0 Å². The highest BCUT2D eigenvalue weighted by Crippen LogP contribution is 2.45. The number of carbonyl (C=O) groups excluding carboxylic acids is 2. The Bertz CT molecular complexity index is 1400. The molecule has 4 aromatic rings. The molecule has 0 unspecified atom stereocenters. The van der Waals surface area contributed by atoms with Gasteiger partial charge >= 0.3 is 0 Å². The lowest BCUT2D eigenvalue weighted by molar-refractivity contribution is -0.135. The van der Waals surface area contributed by atoms with E-state index in [1.54, 1.807) is 19.2 Å². The first kappa shape index (κ1) is 21.4. The fourth-order valence-corrected chi connectivity index (χ4v) is 4.39. The van der Waals surface area contributed by atoms with Gasteiger partial charge in [-0.05, 0) is 54.0 Å². The molecular weight excluding hydrogens is 465 g/mol. The molecule has 1 aliphatic rings. The van der Waals surface area contributed by atoms with Crippen molar-refractivity contribution in [2.75, 3.05) is 0 Å². The maximum Gasteiger partial charge on any atom is 0.235 e. The predicted octanol–water partition coefficient (Wildman–Crippen LogP) is 3.01. The summed E-state index contributed by atoms with van der Waals surface area (Å²) in [5.74, 6) is -0.514. The number of benzene rings is 2. The normalized spacial score (nSPS) is 14.4. The zero-order valence-corrected chi connectivity index (χ0v) is 19.1. The Hall–Kier alpha value is -3.43. The second-order valence-electron chi connectivity index (χ2n) is 8.06. The number of aryl methyl sites for hydroxylation is 1. The van der Waals surface area contributed by atoms with Gasteiger partial charge in [-0.3, -0.25) is 9.59 Å². The minimum atomic E-state index is -1.04. The Morgan fingerprint density at radius 1 is 1.15 bits per heavy atom. The number of hydrogen-bond acceptors (Lipinski definition) is 5. The maximum atomic E-state index is 12.3. The van der Waals surface area contributed by atoms with Gasteiger partial charge in [0, 0.05) is 22.6 Å². The van der Waals surface area contributed by atoms with Crippen molar-refractivity contribution in [3.63, 3.8) is 0 Å². The van der Waals surface area contributed by atoms with E-state index < -0.39 is 11.3 Å². The van der Waals surface area contributed by atoms with Gasteiger partial charge in [-0.15, -0.1) is 10.2 Å². The molecule has 1 aliphatic carbocycles. The lowest BCUT2D eigenvalue weighted by Gasteiger charge is -2.13. The molecule has 0 aliphatic heterocycles. The van der Waals surface area contributed by atoms with Crippen molar-refractivity contribution in [1.82, 2.24) is 30.1 Å². The SMILES string of the molecule is Cn1nnc(-c2c(Cl)c3cc(Cl)ccc3n2-c2ccc(CNC(=O)C3(C(N)=O)CC3)cc2)n1. The van der Waals surface area contributed by atoms with Crippen molar-refractivity contribution < 1.29 is 9.59 Å². The van der Waals surface area contributed by atoms with Gasteiger partial charge in [-0.1, -0.05) is 35.3 Å². The lowest BCUT2D eigenvalue weighted by Crippen LogP contribution is -2.40. The number of hydrogen-bond donors (Lipinski definition) is 2. The minimum absolute atomic E-state index is 0.287. The number of rotatable bonds is 6. The van der Waals surface area contributed by atoms with E-state index in [1.165, 1.54) is 4.80 Å². The molecular formula is C22H19Cl2N7O2. The molecule has 0 radical (unpaired) electrons. The van der Waals surface area contributed by atoms with Crippen molar-refractivity contribution >= 4 is 45.9 Å². The number of primary amides is 1. The average Bonchev–Trinajstić information content (AvgIpc) is 3.44. The van der Waals surface area contributed by atoms with Crippen molar-refractivity contribution in [3.05, 3.63) is 58.1 Å². The molecule has 11 heteroatoms. The smallest absolute Gasteiger partial charge is 0.235 e. The number of carbonyl (C=O) groups is 2. The van der Waals surface area contributed by atoms with Crippen molar-refractivity contribution in [3.8, 4) is 17.2 Å². The van der Waals surface area contributed by atoms with Crippen molar-refractivity contribution in [2.24, 2.45) is 18.2 Å². The molecule has 2 heterocycles. The van der Waals surface area contributed by atoms with Crippen molar-refractivity contribution in [2.45, 2.75) is 19.4 Å². The van der Waals surface area contributed by atoms with E-state index in [0.29, 0.717) is 34.4 Å². The van der Waals surface area contributed by atoms with Crippen LogP contribution in [-0.2, 0) is 23.2 Å². The van der Waals surface area contributed by atoms with Crippen LogP contribution in [0, 0.1) is 5.41 Å². The van der Waals surface area contributed by atoms with Gasteiger partial charge in [-0.2, -0.15) is 4.80 Å². The van der Waals surface area contributed by atoms with Crippen LogP contribution in [0.25, 0.3) is 28.1 Å². The third-order valence-corrected chi connectivity index (χ3v) is 6.51. The van der Waals surface area contributed by atoms with Crippen LogP contribution in [-0.4, -0.2) is 36.6 Å². The number of nitrogens with two attached hydrogens (primary N) is 1. The molecule has 168 valence electrons. The third kappa shape index (κ3) is 3.63. The number of nitrogens with zero attached hydrogens (tertiary/aromatic N) is 5. The first-order chi connectivity index (χ1) is 15.8. The highest BCUT2D eigenvalue weighted by Gasteiger charge is 2.55. The summed E-state index contributed by atoms with van der Waals surface area (Å²) in [7, 11) is 1.68. The fraction of sp³-hybridized carbons (Fsp3) is 0.227. The van der Waals surface area contributed by atoms with E-state index in [9.17, 15) is 9.59 Å². The number of nitrogens with one attached hydrogen (secondary N) is 1. The standard InChI is InChI=1S/C22H19Cl2N7O2/c1-30-28-19(27-29-30)18-17(24)15-10-13(23)4-7-16(15)31(18)14-5-2-12(3-6-14)11-26-21(33)22(8-9-22)20(25)32/h2-7,10H,8-9,11H2,1H3,(H2,25,32)(H,26,33). The molecule has 2 aromatic carbocycles. The van der Waals surface area contributed by atoms with Crippen LogP contribution in [0.15, 0.2) is 42.5 Å². The summed E-state index contributed by atoms with van der Waals surface area (Å²) >= 11 is 12.9. The monoisotopic (exact) mass is 483 g/mol.